The summed E-state index contributed by atoms with van der Waals surface area (Å²) in [5.74, 6) is 0.266. The van der Waals surface area contributed by atoms with Gasteiger partial charge in [0.15, 0.2) is 0 Å². The zero-order valence-corrected chi connectivity index (χ0v) is 13.8. The highest BCUT2D eigenvalue weighted by atomic mass is 16.5. The Labute approximate surface area is 136 Å². The van der Waals surface area contributed by atoms with E-state index < -0.39 is 5.41 Å². The lowest BCUT2D eigenvalue weighted by Gasteiger charge is -2.48. The Morgan fingerprint density at radius 2 is 2.22 bits per heavy atom. The van der Waals surface area contributed by atoms with Crippen LogP contribution >= 0.6 is 0 Å². The highest BCUT2D eigenvalue weighted by molar-refractivity contribution is 5.99. The summed E-state index contributed by atoms with van der Waals surface area (Å²) in [4.78, 5) is 27.7. The molecule has 1 aromatic carbocycles. The zero-order valence-electron chi connectivity index (χ0n) is 13.8. The molecule has 23 heavy (non-hydrogen) atoms. The molecule has 0 spiro atoms. The van der Waals surface area contributed by atoms with Gasteiger partial charge >= 0.3 is 5.97 Å². The maximum Gasteiger partial charge on any atom is 0.314 e. The normalized spacial score (nSPS) is 31.6. The first-order chi connectivity index (χ1) is 11.1. The van der Waals surface area contributed by atoms with Crippen LogP contribution in [-0.2, 0) is 9.53 Å². The van der Waals surface area contributed by atoms with Gasteiger partial charge in [-0.3, -0.25) is 9.59 Å². The minimum absolute atomic E-state index is 0.0157. The third kappa shape index (κ3) is 1.90. The lowest BCUT2D eigenvalue weighted by atomic mass is 9.62. The van der Waals surface area contributed by atoms with E-state index in [4.69, 9.17) is 4.74 Å². The minimum atomic E-state index is -0.489. The Morgan fingerprint density at radius 3 is 3.00 bits per heavy atom. The third-order valence-electron chi connectivity index (χ3n) is 6.00. The molecule has 3 atom stereocenters. The lowest BCUT2D eigenvalue weighted by Crippen LogP contribution is -2.55. The van der Waals surface area contributed by atoms with Crippen LogP contribution in [0.1, 0.15) is 60.0 Å². The number of rotatable bonds is 2. The molecule has 0 unspecified atom stereocenters. The second kappa shape index (κ2) is 5.08. The van der Waals surface area contributed by atoms with E-state index in [9.17, 15) is 9.59 Å². The average molecular weight is 313 g/mol. The van der Waals surface area contributed by atoms with Crippen molar-refractivity contribution in [1.29, 1.82) is 0 Å². The number of benzene rings is 1. The molecule has 4 rings (SSSR count). The molecule has 1 saturated carbocycles. The van der Waals surface area contributed by atoms with E-state index in [1.54, 1.807) is 0 Å². The number of fused-ring (bicyclic) bond motifs is 2. The van der Waals surface area contributed by atoms with Gasteiger partial charge in [-0.2, -0.15) is 0 Å². The second-order valence-electron chi connectivity index (χ2n) is 7.16. The lowest BCUT2D eigenvalue weighted by molar-refractivity contribution is -0.159. The molecule has 0 aromatic heterocycles. The van der Waals surface area contributed by atoms with Crippen LogP contribution in [-0.4, -0.2) is 36.0 Å². The number of nitrogens with zero attached hydrogens (tertiary/aromatic N) is 1. The van der Waals surface area contributed by atoms with E-state index >= 15 is 0 Å². The Morgan fingerprint density at radius 1 is 1.39 bits per heavy atom. The molecular formula is C19H23NO3. The van der Waals surface area contributed by atoms with Gasteiger partial charge in [0.25, 0.3) is 5.91 Å². The van der Waals surface area contributed by atoms with Crippen molar-refractivity contribution in [2.24, 2.45) is 5.41 Å². The molecule has 1 saturated heterocycles. The number of ether oxygens (including phenoxy) is 1. The fourth-order valence-corrected chi connectivity index (χ4v) is 5.06. The molecule has 1 aliphatic carbocycles. The topological polar surface area (TPSA) is 46.6 Å². The van der Waals surface area contributed by atoms with Crippen LogP contribution < -0.4 is 0 Å². The van der Waals surface area contributed by atoms with E-state index in [1.807, 2.05) is 24.8 Å². The van der Waals surface area contributed by atoms with Gasteiger partial charge < -0.3 is 9.64 Å². The van der Waals surface area contributed by atoms with Crippen LogP contribution in [0, 0.1) is 12.3 Å². The minimum Gasteiger partial charge on any atom is -0.466 e. The summed E-state index contributed by atoms with van der Waals surface area (Å²) in [6, 6.07) is 6.17. The van der Waals surface area contributed by atoms with Crippen LogP contribution in [0.5, 0.6) is 0 Å². The fourth-order valence-electron chi connectivity index (χ4n) is 5.06. The standard InChI is InChI=1S/C19H23NO3/c1-3-23-18(22)19-8-4-5-14-13-7-6-12(2)11-15(13)17(21)20(10-9-19)16(14)19/h6-7,11,14,16H,3-5,8-10H2,1-2H3/t14-,16+,19-/m0/s1. The van der Waals surface area contributed by atoms with E-state index in [0.717, 1.165) is 42.4 Å². The van der Waals surface area contributed by atoms with Gasteiger partial charge in [-0.15, -0.1) is 0 Å². The molecule has 1 amide bonds. The van der Waals surface area contributed by atoms with E-state index in [-0.39, 0.29) is 23.8 Å². The van der Waals surface area contributed by atoms with Crippen molar-refractivity contribution in [2.45, 2.75) is 51.5 Å². The Hall–Kier alpha value is -1.84. The first-order valence-corrected chi connectivity index (χ1v) is 8.67. The van der Waals surface area contributed by atoms with Crippen LogP contribution in [0.3, 0.4) is 0 Å². The van der Waals surface area contributed by atoms with Crippen LogP contribution in [0.4, 0.5) is 0 Å². The molecule has 2 aliphatic heterocycles. The molecule has 4 heteroatoms. The summed E-state index contributed by atoms with van der Waals surface area (Å²) in [6.45, 7) is 4.95. The van der Waals surface area contributed by atoms with Crippen LogP contribution in [0.2, 0.25) is 0 Å². The van der Waals surface area contributed by atoms with Crippen molar-refractivity contribution in [2.75, 3.05) is 13.2 Å². The van der Waals surface area contributed by atoms with Gasteiger partial charge in [0.2, 0.25) is 0 Å². The Balaban J connectivity index is 1.83. The molecular weight excluding hydrogens is 290 g/mol. The summed E-state index contributed by atoms with van der Waals surface area (Å²) in [5.41, 5.74) is 2.60. The summed E-state index contributed by atoms with van der Waals surface area (Å²) in [6.07, 6.45) is 3.66. The fraction of sp³-hybridized carbons (Fsp3) is 0.579. The van der Waals surface area contributed by atoms with Crippen LogP contribution in [0.15, 0.2) is 18.2 Å². The van der Waals surface area contributed by atoms with Gasteiger partial charge in [-0.25, -0.2) is 0 Å². The molecule has 1 aromatic rings. The molecule has 3 aliphatic rings. The van der Waals surface area contributed by atoms with Crippen molar-refractivity contribution in [3.63, 3.8) is 0 Å². The van der Waals surface area contributed by atoms with Crippen molar-refractivity contribution in [3.05, 3.63) is 34.9 Å². The summed E-state index contributed by atoms with van der Waals surface area (Å²) >= 11 is 0. The summed E-state index contributed by atoms with van der Waals surface area (Å²) in [7, 11) is 0. The smallest absolute Gasteiger partial charge is 0.314 e. The number of carbonyl (C=O) groups excluding carboxylic acids is 2. The highest BCUT2D eigenvalue weighted by Crippen LogP contribution is 2.56. The molecule has 0 N–H and O–H groups in total. The van der Waals surface area contributed by atoms with Crippen molar-refractivity contribution < 1.29 is 14.3 Å². The SMILES string of the molecule is CCOC(=O)[C@@]12CCC[C@H]3c4ccc(C)cc4C(=O)N(CC1)[C@H]32. The number of aryl methyl sites for hydroxylation is 1. The number of amides is 1. The quantitative estimate of drug-likeness (QED) is 0.788. The summed E-state index contributed by atoms with van der Waals surface area (Å²) < 4.78 is 5.42. The molecule has 0 bridgehead atoms. The number of hydrogen-bond donors (Lipinski definition) is 0. The van der Waals surface area contributed by atoms with Gasteiger partial charge in [-0.05, 0) is 44.7 Å². The van der Waals surface area contributed by atoms with E-state index in [1.165, 1.54) is 0 Å². The first kappa shape index (κ1) is 14.7. The van der Waals surface area contributed by atoms with Crippen molar-refractivity contribution in [3.8, 4) is 0 Å². The Bertz CT molecular complexity index is 683. The number of hydrogen-bond acceptors (Lipinski definition) is 3. The summed E-state index contributed by atoms with van der Waals surface area (Å²) in [5, 5.41) is 0. The monoisotopic (exact) mass is 313 g/mol. The van der Waals surface area contributed by atoms with E-state index in [2.05, 4.69) is 12.1 Å². The van der Waals surface area contributed by atoms with Gasteiger partial charge in [0.1, 0.15) is 0 Å². The second-order valence-corrected chi connectivity index (χ2v) is 7.16. The predicted molar refractivity (Wildman–Crippen MR) is 86.3 cm³/mol. The molecule has 2 heterocycles. The average Bonchev–Trinajstić information content (AvgIpc) is 2.95. The van der Waals surface area contributed by atoms with Crippen molar-refractivity contribution >= 4 is 11.9 Å². The molecule has 0 radical (unpaired) electrons. The predicted octanol–water partition coefficient (Wildman–Crippen LogP) is 3.04. The number of carbonyl (C=O) groups is 2. The third-order valence-corrected chi connectivity index (χ3v) is 6.00. The van der Waals surface area contributed by atoms with Gasteiger partial charge in [-0.1, -0.05) is 24.1 Å². The maximum atomic E-state index is 13.0. The van der Waals surface area contributed by atoms with Gasteiger partial charge in [0, 0.05) is 18.0 Å². The maximum absolute atomic E-state index is 13.0. The van der Waals surface area contributed by atoms with Crippen molar-refractivity contribution in [1.82, 2.24) is 4.90 Å². The molecule has 2 fully saturated rings. The van der Waals surface area contributed by atoms with Gasteiger partial charge in [0.05, 0.1) is 18.1 Å². The zero-order chi connectivity index (χ0) is 16.2. The van der Waals surface area contributed by atoms with E-state index in [0.29, 0.717) is 13.2 Å². The first-order valence-electron chi connectivity index (χ1n) is 8.67. The number of esters is 1. The molecule has 122 valence electrons. The largest absolute Gasteiger partial charge is 0.466 e. The molecule has 4 nitrogen and oxygen atoms in total. The Kier molecular flexibility index (Phi) is 3.26. The highest BCUT2D eigenvalue weighted by Gasteiger charge is 2.61. The van der Waals surface area contributed by atoms with Crippen LogP contribution in [0.25, 0.3) is 0 Å².